The molecule has 0 aliphatic carbocycles. The minimum Gasteiger partial charge on any atom is -0.379 e. The van der Waals surface area contributed by atoms with E-state index in [4.69, 9.17) is 0 Å². The van der Waals surface area contributed by atoms with Gasteiger partial charge in [-0.2, -0.15) is 0 Å². The van der Waals surface area contributed by atoms with Crippen LogP contribution in [0.3, 0.4) is 0 Å². The minimum atomic E-state index is -0.268. The highest BCUT2D eigenvalue weighted by molar-refractivity contribution is 6.05. The fraction of sp³-hybridized carbons (Fsp3) is 0.278. The second-order valence-corrected chi connectivity index (χ2v) is 6.43. The van der Waals surface area contributed by atoms with Gasteiger partial charge < -0.3 is 10.6 Å². The molecule has 0 radical (unpaired) electrons. The molecule has 0 fully saturated rings. The summed E-state index contributed by atoms with van der Waals surface area (Å²) < 4.78 is 0. The second kappa shape index (κ2) is 6.60. The highest BCUT2D eigenvalue weighted by Gasteiger charge is 2.12. The van der Waals surface area contributed by atoms with Gasteiger partial charge in [-0.05, 0) is 45.9 Å². The van der Waals surface area contributed by atoms with Gasteiger partial charge >= 0.3 is 0 Å². The molecule has 0 saturated carbocycles. The number of Topliss-reactive ketones (excluding diaryl/α,β-unsaturated/α-hetero) is 1. The lowest BCUT2D eigenvalue weighted by atomic mass is 10.1. The minimum absolute atomic E-state index is 0.0425. The van der Waals surface area contributed by atoms with Crippen molar-refractivity contribution in [2.75, 3.05) is 10.6 Å². The first-order chi connectivity index (χ1) is 10.7. The van der Waals surface area contributed by atoms with E-state index in [-0.39, 0.29) is 17.2 Å². The lowest BCUT2D eigenvalue weighted by Crippen LogP contribution is -2.26. The predicted molar refractivity (Wildman–Crippen MR) is 92.0 cm³/mol. The molecule has 0 aliphatic rings. The SMILES string of the molecule is CC(=O)c1cccc(NC(=O)c2cncc(NC(C)(C)C)c2)c1. The number of carbonyl (C=O) groups excluding carboxylic acids is 2. The molecule has 5 nitrogen and oxygen atoms in total. The van der Waals surface area contributed by atoms with E-state index in [1.807, 2.05) is 20.8 Å². The predicted octanol–water partition coefficient (Wildman–Crippen LogP) is 3.75. The largest absolute Gasteiger partial charge is 0.379 e. The maximum absolute atomic E-state index is 12.3. The van der Waals surface area contributed by atoms with Crippen LogP contribution in [0.2, 0.25) is 0 Å². The summed E-state index contributed by atoms with van der Waals surface area (Å²) in [5.41, 5.74) is 2.25. The van der Waals surface area contributed by atoms with Gasteiger partial charge in [0, 0.05) is 29.2 Å². The van der Waals surface area contributed by atoms with Gasteiger partial charge in [0.25, 0.3) is 5.91 Å². The van der Waals surface area contributed by atoms with Crippen LogP contribution in [0.1, 0.15) is 48.4 Å². The Hall–Kier alpha value is -2.69. The third kappa shape index (κ3) is 4.92. The number of benzene rings is 1. The Bertz CT molecular complexity index is 733. The van der Waals surface area contributed by atoms with Crippen molar-refractivity contribution in [2.24, 2.45) is 0 Å². The molecule has 2 aromatic rings. The summed E-state index contributed by atoms with van der Waals surface area (Å²) in [5, 5.41) is 6.06. The first kappa shape index (κ1) is 16.7. The first-order valence-corrected chi connectivity index (χ1v) is 7.40. The van der Waals surface area contributed by atoms with Crippen molar-refractivity contribution in [3.63, 3.8) is 0 Å². The van der Waals surface area contributed by atoms with Crippen LogP contribution >= 0.6 is 0 Å². The fourth-order valence-electron chi connectivity index (χ4n) is 2.08. The number of nitrogens with zero attached hydrogens (tertiary/aromatic N) is 1. The van der Waals surface area contributed by atoms with Crippen LogP contribution in [-0.2, 0) is 0 Å². The van der Waals surface area contributed by atoms with Crippen LogP contribution < -0.4 is 10.6 Å². The number of hydrogen-bond acceptors (Lipinski definition) is 4. The van der Waals surface area contributed by atoms with E-state index in [1.165, 1.54) is 13.1 Å². The van der Waals surface area contributed by atoms with Gasteiger partial charge in [-0.15, -0.1) is 0 Å². The molecular weight excluding hydrogens is 290 g/mol. The highest BCUT2D eigenvalue weighted by Crippen LogP contribution is 2.17. The number of amides is 1. The summed E-state index contributed by atoms with van der Waals surface area (Å²) in [4.78, 5) is 27.8. The molecule has 1 amide bonds. The number of aromatic nitrogens is 1. The maximum atomic E-state index is 12.3. The lowest BCUT2D eigenvalue weighted by molar-refractivity contribution is 0.101. The summed E-state index contributed by atoms with van der Waals surface area (Å²) >= 11 is 0. The molecule has 0 atom stereocenters. The molecule has 23 heavy (non-hydrogen) atoms. The standard InChI is InChI=1S/C18H21N3O2/c1-12(22)13-6-5-7-15(8-13)20-17(23)14-9-16(11-19-10-14)21-18(2,3)4/h5-11,21H,1-4H3,(H,20,23). The Morgan fingerprint density at radius 1 is 1.00 bits per heavy atom. The van der Waals surface area contributed by atoms with Gasteiger partial charge in [0.15, 0.2) is 5.78 Å². The molecule has 2 rings (SSSR count). The van der Waals surface area contributed by atoms with Gasteiger partial charge in [-0.1, -0.05) is 12.1 Å². The van der Waals surface area contributed by atoms with Crippen LogP contribution in [0.5, 0.6) is 0 Å². The van der Waals surface area contributed by atoms with Crippen LogP contribution in [-0.4, -0.2) is 22.2 Å². The fourth-order valence-corrected chi connectivity index (χ4v) is 2.08. The van der Waals surface area contributed by atoms with Gasteiger partial charge in [-0.3, -0.25) is 14.6 Å². The Balaban J connectivity index is 2.16. The number of anilines is 2. The van der Waals surface area contributed by atoms with E-state index in [9.17, 15) is 9.59 Å². The average molecular weight is 311 g/mol. The van der Waals surface area contributed by atoms with Crippen molar-refractivity contribution in [1.82, 2.24) is 4.98 Å². The Morgan fingerprint density at radius 2 is 1.70 bits per heavy atom. The van der Waals surface area contributed by atoms with Crippen molar-refractivity contribution in [3.8, 4) is 0 Å². The summed E-state index contributed by atoms with van der Waals surface area (Å²) in [6, 6.07) is 8.61. The van der Waals surface area contributed by atoms with E-state index < -0.39 is 0 Å². The summed E-state index contributed by atoms with van der Waals surface area (Å²) in [5.74, 6) is -0.310. The molecule has 0 aliphatic heterocycles. The molecule has 2 N–H and O–H groups in total. The first-order valence-electron chi connectivity index (χ1n) is 7.40. The Morgan fingerprint density at radius 3 is 2.35 bits per heavy atom. The monoisotopic (exact) mass is 311 g/mol. The van der Waals surface area contributed by atoms with Crippen LogP contribution in [0, 0.1) is 0 Å². The number of rotatable bonds is 4. The normalized spacial score (nSPS) is 11.0. The van der Waals surface area contributed by atoms with E-state index in [0.717, 1.165) is 5.69 Å². The van der Waals surface area contributed by atoms with Crippen molar-refractivity contribution in [3.05, 3.63) is 53.9 Å². The Labute approximate surface area is 136 Å². The molecule has 0 bridgehead atoms. The lowest BCUT2D eigenvalue weighted by Gasteiger charge is -2.22. The zero-order valence-corrected chi connectivity index (χ0v) is 13.8. The molecule has 0 spiro atoms. The number of ketones is 1. The van der Waals surface area contributed by atoms with Gasteiger partial charge in [0.05, 0.1) is 11.3 Å². The van der Waals surface area contributed by atoms with Gasteiger partial charge in [0.2, 0.25) is 0 Å². The van der Waals surface area contributed by atoms with E-state index in [1.54, 1.807) is 36.5 Å². The van der Waals surface area contributed by atoms with Crippen LogP contribution in [0.4, 0.5) is 11.4 Å². The number of pyridine rings is 1. The van der Waals surface area contributed by atoms with Crippen LogP contribution in [0.25, 0.3) is 0 Å². The third-order valence-electron chi connectivity index (χ3n) is 3.05. The molecule has 1 aromatic carbocycles. The van der Waals surface area contributed by atoms with E-state index >= 15 is 0 Å². The second-order valence-electron chi connectivity index (χ2n) is 6.43. The smallest absolute Gasteiger partial charge is 0.257 e. The summed E-state index contributed by atoms with van der Waals surface area (Å²) in [6.07, 6.45) is 3.19. The zero-order valence-electron chi connectivity index (χ0n) is 13.8. The number of hydrogen-bond donors (Lipinski definition) is 2. The number of nitrogens with one attached hydrogen (secondary N) is 2. The molecule has 5 heteroatoms. The molecule has 1 aromatic heterocycles. The molecular formula is C18H21N3O2. The zero-order chi connectivity index (χ0) is 17.0. The molecule has 1 heterocycles. The van der Waals surface area contributed by atoms with Gasteiger partial charge in [0.1, 0.15) is 0 Å². The van der Waals surface area contributed by atoms with Crippen molar-refractivity contribution in [1.29, 1.82) is 0 Å². The highest BCUT2D eigenvalue weighted by atomic mass is 16.1. The third-order valence-corrected chi connectivity index (χ3v) is 3.05. The average Bonchev–Trinajstić information content (AvgIpc) is 2.46. The van der Waals surface area contributed by atoms with E-state index in [2.05, 4.69) is 15.6 Å². The van der Waals surface area contributed by atoms with Crippen LogP contribution in [0.15, 0.2) is 42.7 Å². The number of carbonyl (C=O) groups is 2. The maximum Gasteiger partial charge on any atom is 0.257 e. The summed E-state index contributed by atoms with van der Waals surface area (Å²) in [6.45, 7) is 7.60. The summed E-state index contributed by atoms with van der Waals surface area (Å²) in [7, 11) is 0. The Kier molecular flexibility index (Phi) is 4.79. The van der Waals surface area contributed by atoms with E-state index in [0.29, 0.717) is 16.8 Å². The van der Waals surface area contributed by atoms with Crippen molar-refractivity contribution < 1.29 is 9.59 Å². The quantitative estimate of drug-likeness (QED) is 0.844. The van der Waals surface area contributed by atoms with Crippen molar-refractivity contribution >= 4 is 23.1 Å². The molecule has 0 unspecified atom stereocenters. The topological polar surface area (TPSA) is 71.1 Å². The van der Waals surface area contributed by atoms with Gasteiger partial charge in [-0.25, -0.2) is 0 Å². The van der Waals surface area contributed by atoms with Crippen molar-refractivity contribution in [2.45, 2.75) is 33.2 Å². The molecule has 120 valence electrons. The molecule has 0 saturated heterocycles.